The van der Waals surface area contributed by atoms with E-state index in [0.717, 1.165) is 50.2 Å². The first-order chi connectivity index (χ1) is 14.1. The van der Waals surface area contributed by atoms with Gasteiger partial charge >= 0.3 is 5.97 Å². The lowest BCUT2D eigenvalue weighted by Crippen LogP contribution is -2.49. The van der Waals surface area contributed by atoms with Crippen LogP contribution in [0.5, 0.6) is 11.5 Å². The summed E-state index contributed by atoms with van der Waals surface area (Å²) in [6.07, 6.45) is 7.42. The number of rotatable bonds is 7. The summed E-state index contributed by atoms with van der Waals surface area (Å²) >= 11 is 0. The lowest BCUT2D eigenvalue weighted by atomic mass is 9.62. The lowest BCUT2D eigenvalue weighted by molar-refractivity contribution is -0.192. The van der Waals surface area contributed by atoms with E-state index in [1.165, 1.54) is 18.4 Å². The number of carboxylic acid groups (broad SMARTS) is 1. The Bertz CT molecular complexity index is 866. The van der Waals surface area contributed by atoms with Crippen molar-refractivity contribution in [2.75, 3.05) is 6.61 Å². The van der Waals surface area contributed by atoms with Crippen molar-refractivity contribution in [3.8, 4) is 11.5 Å². The fourth-order valence-corrected chi connectivity index (χ4v) is 5.29. The van der Waals surface area contributed by atoms with Gasteiger partial charge in [-0.05, 0) is 86.1 Å². The van der Waals surface area contributed by atoms with Crippen LogP contribution in [0.4, 0.5) is 0 Å². The van der Waals surface area contributed by atoms with Crippen LogP contribution in [0.3, 0.4) is 0 Å². The number of para-hydroxylation sites is 1. The molecule has 4 heteroatoms. The highest BCUT2D eigenvalue weighted by atomic mass is 16.5. The second kappa shape index (κ2) is 7.17. The molecule has 4 fully saturated rings. The zero-order valence-electron chi connectivity index (χ0n) is 16.7. The van der Waals surface area contributed by atoms with Crippen molar-refractivity contribution in [3.05, 3.63) is 60.2 Å². The molecule has 2 bridgehead atoms. The summed E-state index contributed by atoms with van der Waals surface area (Å²) in [5.74, 6) is 1.37. The minimum Gasteiger partial charge on any atom is -0.481 e. The molecule has 2 atom stereocenters. The van der Waals surface area contributed by atoms with Gasteiger partial charge in [0.1, 0.15) is 11.5 Å². The summed E-state index contributed by atoms with van der Waals surface area (Å²) in [7, 11) is 0. The van der Waals surface area contributed by atoms with Crippen LogP contribution < -0.4 is 4.74 Å². The summed E-state index contributed by atoms with van der Waals surface area (Å²) in [5.41, 5.74) is 1.28. The van der Waals surface area contributed by atoms with E-state index in [1.54, 1.807) is 0 Å². The Labute approximate surface area is 171 Å². The molecule has 0 spiro atoms. The van der Waals surface area contributed by atoms with Gasteiger partial charge < -0.3 is 14.6 Å². The molecule has 2 heterocycles. The van der Waals surface area contributed by atoms with Crippen molar-refractivity contribution in [1.29, 1.82) is 0 Å². The van der Waals surface area contributed by atoms with E-state index in [4.69, 9.17) is 14.6 Å². The van der Waals surface area contributed by atoms with Gasteiger partial charge in [0.05, 0.1) is 18.1 Å². The van der Waals surface area contributed by atoms with Gasteiger partial charge in [-0.15, -0.1) is 0 Å². The fraction of sp³-hybridized carbons (Fsp3) is 0.480. The molecule has 0 unspecified atom stereocenters. The van der Waals surface area contributed by atoms with Gasteiger partial charge in [0.2, 0.25) is 0 Å². The number of fused-ring (bicyclic) bond motifs is 3. The third-order valence-electron chi connectivity index (χ3n) is 7.40. The van der Waals surface area contributed by atoms with Crippen molar-refractivity contribution < 1.29 is 19.4 Å². The molecule has 0 radical (unpaired) electrons. The van der Waals surface area contributed by atoms with Crippen LogP contribution in [0.15, 0.2) is 54.6 Å². The molecule has 2 aromatic rings. The van der Waals surface area contributed by atoms with E-state index in [1.807, 2.05) is 36.4 Å². The largest absolute Gasteiger partial charge is 0.481 e. The highest BCUT2D eigenvalue weighted by Crippen LogP contribution is 2.57. The zero-order valence-corrected chi connectivity index (χ0v) is 16.7. The Morgan fingerprint density at radius 2 is 1.79 bits per heavy atom. The zero-order chi connectivity index (χ0) is 19.9. The maximum Gasteiger partial charge on any atom is 0.306 e. The molecule has 29 heavy (non-hydrogen) atoms. The van der Waals surface area contributed by atoms with E-state index in [9.17, 15) is 4.79 Å². The first-order valence-electron chi connectivity index (χ1n) is 10.8. The van der Waals surface area contributed by atoms with Gasteiger partial charge in [0, 0.05) is 0 Å². The first kappa shape index (κ1) is 18.7. The van der Waals surface area contributed by atoms with Crippen LogP contribution >= 0.6 is 0 Å². The van der Waals surface area contributed by atoms with Crippen LogP contribution in [-0.4, -0.2) is 17.7 Å². The smallest absolute Gasteiger partial charge is 0.306 e. The molecule has 1 N–H and O–H groups in total. The number of hydrogen-bond donors (Lipinski definition) is 1. The second-order valence-corrected chi connectivity index (χ2v) is 9.21. The Kier molecular flexibility index (Phi) is 4.62. The maximum absolute atomic E-state index is 11.1. The Morgan fingerprint density at radius 1 is 1.03 bits per heavy atom. The minimum absolute atomic E-state index is 0.0917. The average molecular weight is 392 g/mol. The van der Waals surface area contributed by atoms with Crippen molar-refractivity contribution in [1.82, 2.24) is 0 Å². The standard InChI is InChI=1S/C25H28O4/c26-23(27)22-15-18(22)9-10-24-11-13-25(14-12-24,28-17-24)19-5-4-8-21(16-19)29-20-6-2-1-3-7-20/h1-8,16,18,22H,9-15,17H2,(H,26,27)/t18-,22-,24?,25?/m0/s1. The summed E-state index contributed by atoms with van der Waals surface area (Å²) in [4.78, 5) is 11.1. The first-order valence-corrected chi connectivity index (χ1v) is 10.8. The Hall–Kier alpha value is -2.33. The third kappa shape index (κ3) is 3.66. The molecule has 2 aliphatic heterocycles. The van der Waals surface area contributed by atoms with Crippen LogP contribution in [-0.2, 0) is 15.1 Å². The van der Waals surface area contributed by atoms with Gasteiger partial charge in [-0.3, -0.25) is 4.79 Å². The topological polar surface area (TPSA) is 55.8 Å². The number of aliphatic carboxylic acids is 1. The van der Waals surface area contributed by atoms with Gasteiger partial charge in [-0.25, -0.2) is 0 Å². The average Bonchev–Trinajstić information content (AvgIpc) is 3.55. The molecular weight excluding hydrogens is 364 g/mol. The van der Waals surface area contributed by atoms with Gasteiger partial charge in [-0.2, -0.15) is 0 Å². The summed E-state index contributed by atoms with van der Waals surface area (Å²) in [6, 6.07) is 18.2. The molecule has 2 saturated carbocycles. The number of carboxylic acids is 1. The number of ether oxygens (including phenoxy) is 2. The SMILES string of the molecule is O=C(O)[C@H]1C[C@@H]1CCC12CCC(c3cccc(Oc4ccccc4)c3)(CC1)OC2. The molecule has 2 saturated heterocycles. The molecule has 4 aliphatic rings. The normalized spacial score (nSPS) is 32.7. The van der Waals surface area contributed by atoms with E-state index < -0.39 is 5.97 Å². The summed E-state index contributed by atoms with van der Waals surface area (Å²) in [5, 5.41) is 9.13. The fourth-order valence-electron chi connectivity index (χ4n) is 5.29. The molecule has 6 rings (SSSR count). The molecular formula is C25H28O4. The van der Waals surface area contributed by atoms with E-state index >= 15 is 0 Å². The molecule has 0 aromatic heterocycles. The predicted octanol–water partition coefficient (Wildman–Crippen LogP) is 5.77. The Balaban J connectivity index is 1.24. The Morgan fingerprint density at radius 3 is 2.45 bits per heavy atom. The van der Waals surface area contributed by atoms with Gasteiger partial charge in [0.15, 0.2) is 0 Å². The molecule has 152 valence electrons. The molecule has 0 amide bonds. The lowest BCUT2D eigenvalue weighted by Gasteiger charge is -2.53. The maximum atomic E-state index is 11.1. The third-order valence-corrected chi connectivity index (χ3v) is 7.40. The molecule has 2 aliphatic carbocycles. The van der Waals surface area contributed by atoms with Crippen molar-refractivity contribution in [3.63, 3.8) is 0 Å². The van der Waals surface area contributed by atoms with Crippen molar-refractivity contribution >= 4 is 5.97 Å². The van der Waals surface area contributed by atoms with Gasteiger partial charge in [-0.1, -0.05) is 30.3 Å². The highest BCUT2D eigenvalue weighted by molar-refractivity contribution is 5.73. The van der Waals surface area contributed by atoms with Crippen molar-refractivity contribution in [2.45, 2.75) is 50.5 Å². The predicted molar refractivity (Wildman–Crippen MR) is 110 cm³/mol. The van der Waals surface area contributed by atoms with E-state index in [0.29, 0.717) is 5.92 Å². The summed E-state index contributed by atoms with van der Waals surface area (Å²) < 4.78 is 12.5. The van der Waals surface area contributed by atoms with E-state index in [2.05, 4.69) is 18.2 Å². The molecule has 4 nitrogen and oxygen atoms in total. The number of benzene rings is 2. The monoisotopic (exact) mass is 392 g/mol. The molecule has 2 aromatic carbocycles. The summed E-state index contributed by atoms with van der Waals surface area (Å²) in [6.45, 7) is 0.793. The minimum atomic E-state index is -0.618. The quantitative estimate of drug-likeness (QED) is 0.650. The van der Waals surface area contributed by atoms with Crippen LogP contribution in [0, 0.1) is 17.3 Å². The highest BCUT2D eigenvalue weighted by Gasteiger charge is 2.52. The van der Waals surface area contributed by atoms with Crippen molar-refractivity contribution in [2.24, 2.45) is 17.3 Å². The van der Waals surface area contributed by atoms with Crippen LogP contribution in [0.25, 0.3) is 0 Å². The van der Waals surface area contributed by atoms with E-state index in [-0.39, 0.29) is 16.9 Å². The van der Waals surface area contributed by atoms with Gasteiger partial charge in [0.25, 0.3) is 0 Å². The van der Waals surface area contributed by atoms with Crippen LogP contribution in [0.1, 0.15) is 50.5 Å². The number of hydrogen-bond acceptors (Lipinski definition) is 3. The second-order valence-electron chi connectivity index (χ2n) is 9.21. The number of carbonyl (C=O) groups is 1. The van der Waals surface area contributed by atoms with Crippen LogP contribution in [0.2, 0.25) is 0 Å².